The van der Waals surface area contributed by atoms with Crippen molar-refractivity contribution in [3.63, 3.8) is 0 Å². The largest absolute Gasteiger partial charge is 0.480 e. The number of carbonyl (C=O) groups excluding carboxylic acids is 1. The maximum absolute atomic E-state index is 11.9. The number of carboxylic acid groups (broad SMARTS) is 1. The number of hydrogen-bond acceptors (Lipinski definition) is 3. The minimum atomic E-state index is -1.21. The highest BCUT2D eigenvalue weighted by molar-refractivity contribution is 5.86. The summed E-state index contributed by atoms with van der Waals surface area (Å²) < 4.78 is 0. The molecule has 1 unspecified atom stereocenters. The molecule has 1 amide bonds. The van der Waals surface area contributed by atoms with Crippen LogP contribution in [0, 0.1) is 5.41 Å². The SMILES string of the molecule is CN(C(=O)CC(N)C(C)(C)C)C(C)(C)C(=O)O. The van der Waals surface area contributed by atoms with Gasteiger partial charge in [0, 0.05) is 19.5 Å². The van der Waals surface area contributed by atoms with Gasteiger partial charge in [0.05, 0.1) is 0 Å². The van der Waals surface area contributed by atoms with Crippen LogP contribution in [0.3, 0.4) is 0 Å². The molecular formula is C12H24N2O3. The Kier molecular flexibility index (Phi) is 4.71. The lowest BCUT2D eigenvalue weighted by Crippen LogP contribution is -2.52. The van der Waals surface area contributed by atoms with Gasteiger partial charge in [-0.25, -0.2) is 4.79 Å². The van der Waals surface area contributed by atoms with E-state index < -0.39 is 11.5 Å². The van der Waals surface area contributed by atoms with Crippen molar-refractivity contribution >= 4 is 11.9 Å². The van der Waals surface area contributed by atoms with E-state index in [4.69, 9.17) is 10.8 Å². The number of carbonyl (C=O) groups is 2. The van der Waals surface area contributed by atoms with Crippen LogP contribution in [-0.2, 0) is 9.59 Å². The predicted octanol–water partition coefficient (Wildman–Crippen LogP) is 1.07. The third kappa shape index (κ3) is 4.00. The molecule has 0 saturated heterocycles. The monoisotopic (exact) mass is 244 g/mol. The second kappa shape index (κ2) is 5.04. The Morgan fingerprint density at radius 3 is 1.94 bits per heavy atom. The molecule has 0 aliphatic carbocycles. The second-order valence-corrected chi connectivity index (χ2v) is 5.99. The van der Waals surface area contributed by atoms with Gasteiger partial charge in [-0.3, -0.25) is 4.79 Å². The molecular weight excluding hydrogens is 220 g/mol. The third-order valence-corrected chi connectivity index (χ3v) is 3.24. The molecule has 0 rings (SSSR count). The molecule has 0 aromatic heterocycles. The Hall–Kier alpha value is -1.10. The minimum Gasteiger partial charge on any atom is -0.480 e. The molecule has 0 aromatic rings. The number of likely N-dealkylation sites (N-methyl/N-ethyl adjacent to an activating group) is 1. The lowest BCUT2D eigenvalue weighted by molar-refractivity contribution is -0.155. The molecule has 100 valence electrons. The predicted molar refractivity (Wildman–Crippen MR) is 66.5 cm³/mol. The van der Waals surface area contributed by atoms with E-state index in [9.17, 15) is 9.59 Å². The molecule has 0 aliphatic heterocycles. The molecule has 0 heterocycles. The summed E-state index contributed by atoms with van der Waals surface area (Å²) in [5.41, 5.74) is 4.52. The van der Waals surface area contributed by atoms with E-state index in [1.165, 1.54) is 25.8 Å². The standard InChI is InChI=1S/C12H24N2O3/c1-11(2,3)8(13)7-9(15)14(6)12(4,5)10(16)17/h8H,7,13H2,1-6H3,(H,16,17). The fraction of sp³-hybridized carbons (Fsp3) is 0.833. The van der Waals surface area contributed by atoms with Crippen molar-refractivity contribution in [2.45, 2.75) is 52.6 Å². The molecule has 0 aliphatic rings. The van der Waals surface area contributed by atoms with Gasteiger partial charge in [0.15, 0.2) is 0 Å². The first-order valence-electron chi connectivity index (χ1n) is 5.66. The maximum atomic E-state index is 11.9. The number of hydrogen-bond donors (Lipinski definition) is 2. The zero-order valence-electron chi connectivity index (χ0n) is 11.6. The molecule has 5 nitrogen and oxygen atoms in total. The Morgan fingerprint density at radius 2 is 1.65 bits per heavy atom. The molecule has 3 N–H and O–H groups in total. The van der Waals surface area contributed by atoms with Gasteiger partial charge in [-0.2, -0.15) is 0 Å². The van der Waals surface area contributed by atoms with E-state index in [2.05, 4.69) is 0 Å². The highest BCUT2D eigenvalue weighted by Crippen LogP contribution is 2.22. The number of amides is 1. The van der Waals surface area contributed by atoms with E-state index in [0.717, 1.165) is 0 Å². The molecule has 5 heteroatoms. The van der Waals surface area contributed by atoms with Crippen LogP contribution >= 0.6 is 0 Å². The quantitative estimate of drug-likeness (QED) is 0.775. The Bertz CT molecular complexity index is 305. The number of nitrogens with two attached hydrogens (primary N) is 1. The highest BCUT2D eigenvalue weighted by Gasteiger charge is 2.36. The van der Waals surface area contributed by atoms with E-state index in [-0.39, 0.29) is 23.8 Å². The Morgan fingerprint density at radius 1 is 1.24 bits per heavy atom. The van der Waals surface area contributed by atoms with Crippen molar-refractivity contribution in [2.24, 2.45) is 11.1 Å². The first kappa shape index (κ1) is 15.9. The van der Waals surface area contributed by atoms with Gasteiger partial charge in [-0.05, 0) is 19.3 Å². The molecule has 0 aromatic carbocycles. The summed E-state index contributed by atoms with van der Waals surface area (Å²) in [7, 11) is 1.49. The van der Waals surface area contributed by atoms with E-state index in [1.807, 2.05) is 20.8 Å². The molecule has 1 atom stereocenters. The molecule has 17 heavy (non-hydrogen) atoms. The minimum absolute atomic E-state index is 0.150. The summed E-state index contributed by atoms with van der Waals surface area (Å²) in [4.78, 5) is 24.2. The van der Waals surface area contributed by atoms with Crippen LogP contribution in [0.1, 0.15) is 41.0 Å². The number of aliphatic carboxylic acids is 1. The van der Waals surface area contributed by atoms with Crippen molar-refractivity contribution in [1.29, 1.82) is 0 Å². The number of carboxylic acids is 1. The van der Waals surface area contributed by atoms with E-state index in [1.54, 1.807) is 0 Å². The maximum Gasteiger partial charge on any atom is 0.329 e. The Balaban J connectivity index is 4.70. The molecule has 0 fully saturated rings. The molecule has 0 bridgehead atoms. The Labute approximate surface area is 103 Å². The lowest BCUT2D eigenvalue weighted by Gasteiger charge is -2.34. The van der Waals surface area contributed by atoms with Crippen LogP contribution in [0.5, 0.6) is 0 Å². The molecule has 0 saturated carbocycles. The van der Waals surface area contributed by atoms with Crippen molar-refractivity contribution in [2.75, 3.05) is 7.05 Å². The highest BCUT2D eigenvalue weighted by atomic mass is 16.4. The van der Waals surface area contributed by atoms with Crippen molar-refractivity contribution in [3.8, 4) is 0 Å². The summed E-state index contributed by atoms with van der Waals surface area (Å²) in [6.45, 7) is 8.85. The third-order valence-electron chi connectivity index (χ3n) is 3.24. The second-order valence-electron chi connectivity index (χ2n) is 5.99. The van der Waals surface area contributed by atoms with E-state index >= 15 is 0 Å². The van der Waals surface area contributed by atoms with Crippen LogP contribution < -0.4 is 5.73 Å². The van der Waals surface area contributed by atoms with Gasteiger partial charge in [0.1, 0.15) is 5.54 Å². The summed E-state index contributed by atoms with van der Waals surface area (Å²) in [5.74, 6) is -1.28. The van der Waals surface area contributed by atoms with Crippen LogP contribution in [0.2, 0.25) is 0 Å². The van der Waals surface area contributed by atoms with E-state index in [0.29, 0.717) is 0 Å². The van der Waals surface area contributed by atoms with Gasteiger partial charge in [-0.1, -0.05) is 20.8 Å². The van der Waals surface area contributed by atoms with Crippen LogP contribution in [0.4, 0.5) is 0 Å². The van der Waals surface area contributed by atoms with Gasteiger partial charge < -0.3 is 15.7 Å². The summed E-state index contributed by atoms with van der Waals surface area (Å²) in [6.07, 6.45) is 0.150. The molecule has 0 radical (unpaired) electrons. The van der Waals surface area contributed by atoms with Crippen LogP contribution in [0.25, 0.3) is 0 Å². The fourth-order valence-electron chi connectivity index (χ4n) is 1.09. The van der Waals surface area contributed by atoms with Gasteiger partial charge in [-0.15, -0.1) is 0 Å². The van der Waals surface area contributed by atoms with Crippen molar-refractivity contribution in [3.05, 3.63) is 0 Å². The van der Waals surface area contributed by atoms with Crippen LogP contribution in [0.15, 0.2) is 0 Å². The van der Waals surface area contributed by atoms with Crippen molar-refractivity contribution < 1.29 is 14.7 Å². The average molecular weight is 244 g/mol. The number of nitrogens with zero attached hydrogens (tertiary/aromatic N) is 1. The normalized spacial score (nSPS) is 14.3. The summed E-state index contributed by atoms with van der Waals surface area (Å²) in [6, 6.07) is -0.290. The zero-order valence-corrected chi connectivity index (χ0v) is 11.6. The summed E-state index contributed by atoms with van der Waals surface area (Å²) in [5, 5.41) is 9.03. The first-order chi connectivity index (χ1) is 7.40. The summed E-state index contributed by atoms with van der Waals surface area (Å²) >= 11 is 0. The van der Waals surface area contributed by atoms with Gasteiger partial charge in [0.25, 0.3) is 0 Å². The van der Waals surface area contributed by atoms with Gasteiger partial charge in [0.2, 0.25) is 5.91 Å². The first-order valence-corrected chi connectivity index (χ1v) is 5.66. The topological polar surface area (TPSA) is 83.6 Å². The fourth-order valence-corrected chi connectivity index (χ4v) is 1.09. The number of rotatable bonds is 4. The molecule has 0 spiro atoms. The lowest BCUT2D eigenvalue weighted by atomic mass is 9.85. The zero-order chi connectivity index (χ0) is 14.0. The smallest absolute Gasteiger partial charge is 0.329 e. The van der Waals surface area contributed by atoms with Crippen molar-refractivity contribution in [1.82, 2.24) is 4.90 Å². The van der Waals surface area contributed by atoms with Crippen LogP contribution in [-0.4, -0.2) is 40.5 Å². The average Bonchev–Trinajstić information content (AvgIpc) is 2.14. The van der Waals surface area contributed by atoms with Gasteiger partial charge >= 0.3 is 5.97 Å².